The number of carboxylic acid groups (broad SMARTS) is 1. The van der Waals surface area contributed by atoms with Crippen LogP contribution in [0.15, 0.2) is 0 Å². The van der Waals surface area contributed by atoms with Gasteiger partial charge >= 0.3 is 5.97 Å². The second-order valence-corrected chi connectivity index (χ2v) is 3.66. The van der Waals surface area contributed by atoms with E-state index in [1.807, 2.05) is 0 Å². The second kappa shape index (κ2) is 5.98. The molecule has 0 aromatic carbocycles. The van der Waals surface area contributed by atoms with Crippen LogP contribution in [-0.4, -0.2) is 48.3 Å². The number of carboxylic acids is 1. The van der Waals surface area contributed by atoms with Crippen molar-refractivity contribution in [3.05, 3.63) is 0 Å². The Hall–Kier alpha value is -0.610. The Morgan fingerprint density at radius 2 is 2.43 bits per heavy atom. The molecular weight excluding hydrogens is 182 g/mol. The van der Waals surface area contributed by atoms with Crippen molar-refractivity contribution in [1.82, 2.24) is 4.90 Å². The van der Waals surface area contributed by atoms with Gasteiger partial charge in [-0.25, -0.2) is 4.79 Å². The summed E-state index contributed by atoms with van der Waals surface area (Å²) >= 11 is 0. The molecule has 82 valence electrons. The number of rotatable bonds is 6. The quantitative estimate of drug-likeness (QED) is 0.650. The predicted molar refractivity (Wildman–Crippen MR) is 53.3 cm³/mol. The zero-order valence-corrected chi connectivity index (χ0v) is 8.74. The highest BCUT2D eigenvalue weighted by atomic mass is 16.5. The van der Waals surface area contributed by atoms with Crippen LogP contribution >= 0.6 is 0 Å². The van der Waals surface area contributed by atoms with Gasteiger partial charge in [0, 0.05) is 12.6 Å². The van der Waals surface area contributed by atoms with E-state index < -0.39 is 5.97 Å². The van der Waals surface area contributed by atoms with Crippen LogP contribution < -0.4 is 0 Å². The minimum atomic E-state index is -0.885. The van der Waals surface area contributed by atoms with Gasteiger partial charge in [0.1, 0.15) is 6.61 Å². The molecule has 14 heavy (non-hydrogen) atoms. The maximum Gasteiger partial charge on any atom is 0.329 e. The lowest BCUT2D eigenvalue weighted by atomic mass is 10.1. The van der Waals surface area contributed by atoms with Gasteiger partial charge in [-0.3, -0.25) is 0 Å². The Bertz CT molecular complexity index is 184. The van der Waals surface area contributed by atoms with Crippen LogP contribution in [-0.2, 0) is 9.53 Å². The summed E-state index contributed by atoms with van der Waals surface area (Å²) < 4.78 is 5.02. The molecule has 1 saturated heterocycles. The summed E-state index contributed by atoms with van der Waals surface area (Å²) in [6.07, 6.45) is 3.45. The molecule has 1 aliphatic rings. The highest BCUT2D eigenvalue weighted by molar-refractivity contribution is 5.67. The maximum atomic E-state index is 10.2. The van der Waals surface area contributed by atoms with Gasteiger partial charge in [-0.05, 0) is 32.4 Å². The fourth-order valence-electron chi connectivity index (χ4n) is 2.02. The summed E-state index contributed by atoms with van der Waals surface area (Å²) in [5.41, 5.74) is 0. The number of hydrogen-bond donors (Lipinski definition) is 1. The molecule has 0 aliphatic carbocycles. The fourth-order valence-corrected chi connectivity index (χ4v) is 2.02. The molecular formula is C10H19NO3. The van der Waals surface area contributed by atoms with Gasteiger partial charge < -0.3 is 14.7 Å². The monoisotopic (exact) mass is 201 g/mol. The Morgan fingerprint density at radius 3 is 3.07 bits per heavy atom. The van der Waals surface area contributed by atoms with E-state index >= 15 is 0 Å². The van der Waals surface area contributed by atoms with Crippen molar-refractivity contribution in [1.29, 1.82) is 0 Å². The van der Waals surface area contributed by atoms with Gasteiger partial charge in [-0.15, -0.1) is 0 Å². The first-order valence-corrected chi connectivity index (χ1v) is 5.27. The molecule has 0 aromatic rings. The Balaban J connectivity index is 2.08. The molecule has 0 spiro atoms. The van der Waals surface area contributed by atoms with Crippen LogP contribution in [0.4, 0.5) is 0 Å². The highest BCUT2D eigenvalue weighted by Gasteiger charge is 2.22. The van der Waals surface area contributed by atoms with E-state index in [2.05, 4.69) is 11.8 Å². The summed E-state index contributed by atoms with van der Waals surface area (Å²) in [7, 11) is 0. The van der Waals surface area contributed by atoms with Gasteiger partial charge in [-0.2, -0.15) is 0 Å². The first-order valence-electron chi connectivity index (χ1n) is 5.27. The largest absolute Gasteiger partial charge is 0.480 e. The molecule has 0 amide bonds. The fraction of sp³-hybridized carbons (Fsp3) is 0.900. The molecule has 1 rings (SSSR count). The van der Waals surface area contributed by atoms with E-state index in [0.717, 1.165) is 13.0 Å². The Labute approximate surface area is 84.8 Å². The van der Waals surface area contributed by atoms with Crippen LogP contribution in [0.3, 0.4) is 0 Å². The standard InChI is InChI=1S/C10H19NO3/c1-2-11-6-3-4-9(11)5-7-14-8-10(12)13/h9H,2-8H2,1H3,(H,12,13)/t9-/m0/s1. The summed E-state index contributed by atoms with van der Waals surface area (Å²) in [6, 6.07) is 0.605. The minimum absolute atomic E-state index is 0.168. The van der Waals surface area contributed by atoms with E-state index in [4.69, 9.17) is 9.84 Å². The number of hydrogen-bond acceptors (Lipinski definition) is 3. The van der Waals surface area contributed by atoms with Crippen LogP contribution in [0.25, 0.3) is 0 Å². The number of ether oxygens (including phenoxy) is 1. The number of carbonyl (C=O) groups is 1. The molecule has 1 N–H and O–H groups in total. The third-order valence-corrected chi connectivity index (χ3v) is 2.73. The van der Waals surface area contributed by atoms with Crippen LogP contribution in [0.2, 0.25) is 0 Å². The summed E-state index contributed by atoms with van der Waals surface area (Å²) in [5.74, 6) is -0.885. The lowest BCUT2D eigenvalue weighted by molar-refractivity contribution is -0.142. The molecule has 0 bridgehead atoms. The summed E-state index contributed by atoms with van der Waals surface area (Å²) in [5, 5.41) is 8.37. The first-order chi connectivity index (χ1) is 6.74. The summed E-state index contributed by atoms with van der Waals surface area (Å²) in [4.78, 5) is 12.6. The van der Waals surface area contributed by atoms with Crippen molar-refractivity contribution in [3.63, 3.8) is 0 Å². The zero-order chi connectivity index (χ0) is 10.4. The van der Waals surface area contributed by atoms with Crippen molar-refractivity contribution < 1.29 is 14.6 Å². The SMILES string of the molecule is CCN1CCC[C@H]1CCOCC(=O)O. The van der Waals surface area contributed by atoms with E-state index in [0.29, 0.717) is 12.6 Å². The first kappa shape index (κ1) is 11.5. The molecule has 1 atom stereocenters. The van der Waals surface area contributed by atoms with E-state index in [1.165, 1.54) is 19.4 Å². The highest BCUT2D eigenvalue weighted by Crippen LogP contribution is 2.19. The summed E-state index contributed by atoms with van der Waals surface area (Å²) in [6.45, 7) is 4.83. The molecule has 0 radical (unpaired) electrons. The third kappa shape index (κ3) is 3.64. The van der Waals surface area contributed by atoms with Gasteiger partial charge in [0.05, 0.1) is 0 Å². The van der Waals surface area contributed by atoms with Crippen molar-refractivity contribution >= 4 is 5.97 Å². The smallest absolute Gasteiger partial charge is 0.329 e. The lowest BCUT2D eigenvalue weighted by Gasteiger charge is -2.22. The van der Waals surface area contributed by atoms with E-state index in [-0.39, 0.29) is 6.61 Å². The van der Waals surface area contributed by atoms with Crippen LogP contribution in [0, 0.1) is 0 Å². The number of likely N-dealkylation sites (tertiary alicyclic amines) is 1. The van der Waals surface area contributed by atoms with Crippen LogP contribution in [0.1, 0.15) is 26.2 Å². The van der Waals surface area contributed by atoms with E-state index in [9.17, 15) is 4.79 Å². The van der Waals surface area contributed by atoms with Gasteiger partial charge in [0.15, 0.2) is 0 Å². The molecule has 4 nitrogen and oxygen atoms in total. The van der Waals surface area contributed by atoms with E-state index in [1.54, 1.807) is 0 Å². The zero-order valence-electron chi connectivity index (χ0n) is 8.74. The molecule has 0 saturated carbocycles. The van der Waals surface area contributed by atoms with Crippen molar-refractivity contribution in [3.8, 4) is 0 Å². The normalized spacial score (nSPS) is 22.8. The minimum Gasteiger partial charge on any atom is -0.480 e. The predicted octanol–water partition coefficient (Wildman–Crippen LogP) is 0.962. The van der Waals surface area contributed by atoms with Crippen molar-refractivity contribution in [2.45, 2.75) is 32.2 Å². The average Bonchev–Trinajstić information content (AvgIpc) is 2.59. The van der Waals surface area contributed by atoms with Gasteiger partial charge in [0.2, 0.25) is 0 Å². The molecule has 1 fully saturated rings. The number of aliphatic carboxylic acids is 1. The topological polar surface area (TPSA) is 49.8 Å². The molecule has 0 unspecified atom stereocenters. The lowest BCUT2D eigenvalue weighted by Crippen LogP contribution is -2.30. The van der Waals surface area contributed by atoms with Crippen molar-refractivity contribution in [2.24, 2.45) is 0 Å². The molecule has 4 heteroatoms. The Morgan fingerprint density at radius 1 is 1.64 bits per heavy atom. The molecule has 1 heterocycles. The third-order valence-electron chi connectivity index (χ3n) is 2.73. The van der Waals surface area contributed by atoms with Crippen molar-refractivity contribution in [2.75, 3.05) is 26.3 Å². The van der Waals surface area contributed by atoms with Gasteiger partial charge in [0.25, 0.3) is 0 Å². The second-order valence-electron chi connectivity index (χ2n) is 3.66. The average molecular weight is 201 g/mol. The van der Waals surface area contributed by atoms with Gasteiger partial charge in [-0.1, -0.05) is 6.92 Å². The molecule has 0 aromatic heterocycles. The maximum absolute atomic E-state index is 10.2. The number of nitrogens with zero attached hydrogens (tertiary/aromatic N) is 1. The van der Waals surface area contributed by atoms with Crippen LogP contribution in [0.5, 0.6) is 0 Å². The molecule has 1 aliphatic heterocycles. The Kier molecular flexibility index (Phi) is 4.90.